The normalized spacial score (nSPS) is 14.1. The Bertz CT molecular complexity index is 551. The summed E-state index contributed by atoms with van der Waals surface area (Å²) >= 11 is 0. The molecule has 0 aromatic heterocycles. The van der Waals surface area contributed by atoms with Crippen LogP contribution in [-0.4, -0.2) is 17.4 Å². The molecular weight excluding hydrogens is 272 g/mol. The fourth-order valence-electron chi connectivity index (χ4n) is 2.51. The molecule has 1 amide bonds. The molecule has 2 nitrogen and oxygen atoms in total. The van der Waals surface area contributed by atoms with Crippen LogP contribution in [0.25, 0.3) is 0 Å². The number of amides is 1. The molecule has 2 rings (SSSR count). The number of hydrogen-bond donors (Lipinski definition) is 0. The quantitative estimate of drug-likeness (QED) is 0.567. The standard InChI is InChI=1S/C17H19F2NO/c1-2-16(21)20(11-13-6-3-4-7-13)12-14-8-5-9-15(10-14)17(18)19/h2,5-6,8-10,17H,1,3-4,7,11-12H2. The number of hydrogen-bond acceptors (Lipinski definition) is 1. The zero-order valence-electron chi connectivity index (χ0n) is 11.9. The number of carbonyl (C=O) groups is 1. The van der Waals surface area contributed by atoms with Gasteiger partial charge in [-0.05, 0) is 37.0 Å². The number of halogens is 2. The van der Waals surface area contributed by atoms with Gasteiger partial charge in [-0.25, -0.2) is 8.78 Å². The highest BCUT2D eigenvalue weighted by Gasteiger charge is 2.16. The van der Waals surface area contributed by atoms with Gasteiger partial charge in [-0.15, -0.1) is 0 Å². The molecule has 112 valence electrons. The van der Waals surface area contributed by atoms with Crippen LogP contribution in [0, 0.1) is 0 Å². The van der Waals surface area contributed by atoms with E-state index in [0.717, 1.165) is 19.3 Å². The van der Waals surface area contributed by atoms with Gasteiger partial charge in [-0.3, -0.25) is 4.79 Å². The molecule has 0 radical (unpaired) electrons. The SMILES string of the molecule is C=CC(=O)N(CC1=CCCC1)Cc1cccc(C(F)F)c1. The summed E-state index contributed by atoms with van der Waals surface area (Å²) in [6, 6.07) is 6.21. The van der Waals surface area contributed by atoms with Crippen molar-refractivity contribution in [3.63, 3.8) is 0 Å². The summed E-state index contributed by atoms with van der Waals surface area (Å²) in [5.74, 6) is -0.176. The Morgan fingerprint density at radius 1 is 1.38 bits per heavy atom. The molecule has 1 aromatic carbocycles. The van der Waals surface area contributed by atoms with Crippen molar-refractivity contribution in [2.45, 2.75) is 32.2 Å². The third-order valence-electron chi connectivity index (χ3n) is 3.59. The maximum atomic E-state index is 12.7. The highest BCUT2D eigenvalue weighted by Crippen LogP contribution is 2.22. The van der Waals surface area contributed by atoms with Gasteiger partial charge < -0.3 is 4.90 Å². The topological polar surface area (TPSA) is 20.3 Å². The second kappa shape index (κ2) is 7.16. The van der Waals surface area contributed by atoms with Gasteiger partial charge in [0.25, 0.3) is 6.43 Å². The number of alkyl halides is 2. The van der Waals surface area contributed by atoms with E-state index in [2.05, 4.69) is 12.7 Å². The maximum absolute atomic E-state index is 12.7. The summed E-state index contributed by atoms with van der Waals surface area (Å²) in [5, 5.41) is 0. The average molecular weight is 291 g/mol. The fraction of sp³-hybridized carbons (Fsp3) is 0.353. The third kappa shape index (κ3) is 4.25. The van der Waals surface area contributed by atoms with Gasteiger partial charge in [-0.2, -0.15) is 0 Å². The minimum absolute atomic E-state index is 0.0152. The lowest BCUT2D eigenvalue weighted by Crippen LogP contribution is -2.30. The summed E-state index contributed by atoms with van der Waals surface area (Å²) < 4.78 is 25.5. The van der Waals surface area contributed by atoms with Gasteiger partial charge in [-0.1, -0.05) is 36.4 Å². The first-order valence-electron chi connectivity index (χ1n) is 7.06. The molecule has 0 heterocycles. The van der Waals surface area contributed by atoms with Gasteiger partial charge in [0, 0.05) is 18.7 Å². The van der Waals surface area contributed by atoms with Crippen molar-refractivity contribution in [1.29, 1.82) is 0 Å². The second-order valence-electron chi connectivity index (χ2n) is 5.20. The van der Waals surface area contributed by atoms with Crippen LogP contribution in [0.2, 0.25) is 0 Å². The highest BCUT2D eigenvalue weighted by atomic mass is 19.3. The van der Waals surface area contributed by atoms with Crippen molar-refractivity contribution >= 4 is 5.91 Å². The van der Waals surface area contributed by atoms with Crippen LogP contribution < -0.4 is 0 Å². The summed E-state index contributed by atoms with van der Waals surface area (Å²) in [6.07, 6.45) is 4.09. The molecular formula is C17H19F2NO. The van der Waals surface area contributed by atoms with E-state index < -0.39 is 6.43 Å². The molecule has 1 aliphatic carbocycles. The molecule has 0 fully saturated rings. The van der Waals surface area contributed by atoms with Crippen LogP contribution in [0.3, 0.4) is 0 Å². The minimum atomic E-state index is -2.49. The molecule has 0 atom stereocenters. The number of allylic oxidation sites excluding steroid dienone is 1. The number of nitrogens with zero attached hydrogens (tertiary/aromatic N) is 1. The number of benzene rings is 1. The highest BCUT2D eigenvalue weighted by molar-refractivity contribution is 5.87. The Morgan fingerprint density at radius 3 is 2.81 bits per heavy atom. The van der Waals surface area contributed by atoms with E-state index in [4.69, 9.17) is 0 Å². The van der Waals surface area contributed by atoms with E-state index >= 15 is 0 Å². The van der Waals surface area contributed by atoms with Crippen molar-refractivity contribution in [3.8, 4) is 0 Å². The van der Waals surface area contributed by atoms with Crippen LogP contribution in [0.5, 0.6) is 0 Å². The molecule has 4 heteroatoms. The molecule has 0 saturated carbocycles. The smallest absolute Gasteiger partial charge is 0.263 e. The Kier molecular flexibility index (Phi) is 5.26. The monoisotopic (exact) mass is 291 g/mol. The Hall–Kier alpha value is -1.97. The van der Waals surface area contributed by atoms with Crippen molar-refractivity contribution in [2.75, 3.05) is 6.54 Å². The molecule has 1 aromatic rings. The first kappa shape index (κ1) is 15.4. The van der Waals surface area contributed by atoms with E-state index in [1.807, 2.05) is 0 Å². The van der Waals surface area contributed by atoms with Crippen LogP contribution in [-0.2, 0) is 11.3 Å². The average Bonchev–Trinajstić information content (AvgIpc) is 2.99. The minimum Gasteiger partial charge on any atom is -0.331 e. The Balaban J connectivity index is 2.12. The van der Waals surface area contributed by atoms with Gasteiger partial charge in [0.2, 0.25) is 5.91 Å². The first-order valence-corrected chi connectivity index (χ1v) is 7.06. The van der Waals surface area contributed by atoms with Crippen molar-refractivity contribution in [1.82, 2.24) is 4.90 Å². The zero-order valence-corrected chi connectivity index (χ0v) is 11.9. The van der Waals surface area contributed by atoms with Gasteiger partial charge in [0.05, 0.1) is 0 Å². The van der Waals surface area contributed by atoms with E-state index in [9.17, 15) is 13.6 Å². The van der Waals surface area contributed by atoms with Crippen LogP contribution in [0.1, 0.15) is 36.8 Å². The Labute approximate surface area is 123 Å². The maximum Gasteiger partial charge on any atom is 0.263 e. The lowest BCUT2D eigenvalue weighted by molar-refractivity contribution is -0.126. The van der Waals surface area contributed by atoms with Gasteiger partial charge >= 0.3 is 0 Å². The predicted molar refractivity (Wildman–Crippen MR) is 78.9 cm³/mol. The number of carbonyl (C=O) groups excluding carboxylic acids is 1. The van der Waals surface area contributed by atoms with Gasteiger partial charge in [0.15, 0.2) is 0 Å². The third-order valence-corrected chi connectivity index (χ3v) is 3.59. The predicted octanol–water partition coefficient (Wildman–Crippen LogP) is 4.25. The van der Waals surface area contributed by atoms with Crippen molar-refractivity contribution in [3.05, 3.63) is 59.7 Å². The molecule has 0 bridgehead atoms. The fourth-order valence-corrected chi connectivity index (χ4v) is 2.51. The van der Waals surface area contributed by atoms with Crippen molar-refractivity contribution < 1.29 is 13.6 Å². The first-order chi connectivity index (χ1) is 10.1. The summed E-state index contributed by atoms with van der Waals surface area (Å²) in [6.45, 7) is 4.38. The molecule has 0 spiro atoms. The molecule has 0 unspecified atom stereocenters. The molecule has 0 aliphatic heterocycles. The van der Waals surface area contributed by atoms with E-state index in [1.54, 1.807) is 17.0 Å². The Morgan fingerprint density at radius 2 is 2.19 bits per heavy atom. The molecule has 1 aliphatic rings. The summed E-state index contributed by atoms with van der Waals surface area (Å²) in [7, 11) is 0. The van der Waals surface area contributed by atoms with Crippen molar-refractivity contribution in [2.24, 2.45) is 0 Å². The second-order valence-corrected chi connectivity index (χ2v) is 5.20. The molecule has 0 saturated heterocycles. The van der Waals surface area contributed by atoms with Crippen LogP contribution in [0.15, 0.2) is 48.6 Å². The molecule has 21 heavy (non-hydrogen) atoms. The van der Waals surface area contributed by atoms with E-state index in [-0.39, 0.29) is 11.5 Å². The zero-order chi connectivity index (χ0) is 15.2. The number of rotatable bonds is 6. The lowest BCUT2D eigenvalue weighted by Gasteiger charge is -2.22. The summed E-state index contributed by atoms with van der Waals surface area (Å²) in [4.78, 5) is 13.6. The van der Waals surface area contributed by atoms with E-state index in [1.165, 1.54) is 23.8 Å². The molecule has 0 N–H and O–H groups in total. The van der Waals surface area contributed by atoms with Crippen LogP contribution >= 0.6 is 0 Å². The summed E-state index contributed by atoms with van der Waals surface area (Å²) in [5.41, 5.74) is 1.93. The van der Waals surface area contributed by atoms with Gasteiger partial charge in [0.1, 0.15) is 0 Å². The lowest BCUT2D eigenvalue weighted by atomic mass is 10.1. The largest absolute Gasteiger partial charge is 0.331 e. The van der Waals surface area contributed by atoms with Crippen LogP contribution in [0.4, 0.5) is 8.78 Å². The van der Waals surface area contributed by atoms with E-state index in [0.29, 0.717) is 18.7 Å².